The summed E-state index contributed by atoms with van der Waals surface area (Å²) in [5, 5.41) is 8.59. The SMILES string of the molecule is Cc1cc(C)c(-n2cnnc2-c2cccc3ncn(C)c23)c(C)c1. The molecule has 0 bridgehead atoms. The minimum Gasteiger partial charge on any atom is -0.333 e. The highest BCUT2D eigenvalue weighted by Crippen LogP contribution is 2.30. The van der Waals surface area contributed by atoms with Gasteiger partial charge >= 0.3 is 0 Å². The first kappa shape index (κ1) is 14.6. The normalized spacial score (nSPS) is 11.3. The van der Waals surface area contributed by atoms with Gasteiger partial charge in [-0.2, -0.15) is 0 Å². The Bertz CT molecular complexity index is 1030. The zero-order chi connectivity index (χ0) is 16.8. The molecule has 0 amide bonds. The molecule has 0 saturated heterocycles. The van der Waals surface area contributed by atoms with Crippen molar-refractivity contribution in [2.24, 2.45) is 7.05 Å². The molecular formula is C19H19N5. The second-order valence-electron chi connectivity index (χ2n) is 6.30. The average molecular weight is 317 g/mol. The molecule has 2 heterocycles. The molecule has 4 aromatic rings. The lowest BCUT2D eigenvalue weighted by molar-refractivity contribution is 0.945. The van der Waals surface area contributed by atoms with Gasteiger partial charge in [-0.05, 0) is 44.0 Å². The van der Waals surface area contributed by atoms with E-state index in [1.54, 1.807) is 6.33 Å². The van der Waals surface area contributed by atoms with E-state index in [4.69, 9.17) is 0 Å². The van der Waals surface area contributed by atoms with Crippen LogP contribution in [0.5, 0.6) is 0 Å². The Morgan fingerprint density at radius 1 is 0.958 bits per heavy atom. The molecule has 0 N–H and O–H groups in total. The van der Waals surface area contributed by atoms with Gasteiger partial charge in [0, 0.05) is 12.6 Å². The number of aromatic nitrogens is 5. The van der Waals surface area contributed by atoms with Gasteiger partial charge in [0.05, 0.1) is 23.0 Å². The Hall–Kier alpha value is -2.95. The largest absolute Gasteiger partial charge is 0.333 e. The third-order valence-electron chi connectivity index (χ3n) is 4.40. The third kappa shape index (κ3) is 2.12. The first-order valence-electron chi connectivity index (χ1n) is 7.95. The first-order valence-corrected chi connectivity index (χ1v) is 7.95. The number of imidazole rings is 1. The number of hydrogen-bond donors (Lipinski definition) is 0. The van der Waals surface area contributed by atoms with E-state index in [1.807, 2.05) is 30.1 Å². The van der Waals surface area contributed by atoms with Crippen LogP contribution in [0.4, 0.5) is 0 Å². The highest BCUT2D eigenvalue weighted by atomic mass is 15.3. The molecule has 5 nitrogen and oxygen atoms in total. The van der Waals surface area contributed by atoms with Crippen molar-refractivity contribution in [2.75, 3.05) is 0 Å². The van der Waals surface area contributed by atoms with Crippen molar-refractivity contribution in [1.29, 1.82) is 0 Å². The minimum atomic E-state index is 0.833. The monoisotopic (exact) mass is 317 g/mol. The number of fused-ring (bicyclic) bond motifs is 1. The third-order valence-corrected chi connectivity index (χ3v) is 4.40. The number of hydrogen-bond acceptors (Lipinski definition) is 3. The van der Waals surface area contributed by atoms with Crippen molar-refractivity contribution in [3.8, 4) is 17.1 Å². The summed E-state index contributed by atoms with van der Waals surface area (Å²) in [7, 11) is 2.00. The molecule has 0 radical (unpaired) electrons. The maximum atomic E-state index is 4.44. The van der Waals surface area contributed by atoms with Crippen molar-refractivity contribution >= 4 is 11.0 Å². The van der Waals surface area contributed by atoms with Crippen LogP contribution in [0.15, 0.2) is 43.0 Å². The molecule has 2 aromatic heterocycles. The first-order chi connectivity index (χ1) is 11.6. The van der Waals surface area contributed by atoms with Crippen LogP contribution in [0, 0.1) is 20.8 Å². The van der Waals surface area contributed by atoms with Crippen LogP contribution in [0.2, 0.25) is 0 Å². The molecule has 0 aliphatic heterocycles. The van der Waals surface area contributed by atoms with Crippen LogP contribution in [0.1, 0.15) is 16.7 Å². The molecule has 4 rings (SSSR count). The summed E-state index contributed by atoms with van der Waals surface area (Å²) >= 11 is 0. The summed E-state index contributed by atoms with van der Waals surface area (Å²) in [5.41, 5.74) is 7.88. The van der Waals surface area contributed by atoms with Crippen LogP contribution in [-0.2, 0) is 7.05 Å². The van der Waals surface area contributed by atoms with E-state index >= 15 is 0 Å². The van der Waals surface area contributed by atoms with Crippen LogP contribution >= 0.6 is 0 Å². The second-order valence-corrected chi connectivity index (χ2v) is 6.30. The Morgan fingerprint density at radius 2 is 1.71 bits per heavy atom. The van der Waals surface area contributed by atoms with Crippen LogP contribution in [0.25, 0.3) is 28.1 Å². The van der Waals surface area contributed by atoms with E-state index in [0.29, 0.717) is 0 Å². The van der Waals surface area contributed by atoms with Crippen molar-refractivity contribution in [1.82, 2.24) is 24.3 Å². The molecule has 0 atom stereocenters. The fourth-order valence-corrected chi connectivity index (χ4v) is 3.53. The number of benzene rings is 2. The molecule has 2 aromatic carbocycles. The molecule has 24 heavy (non-hydrogen) atoms. The van der Waals surface area contributed by atoms with E-state index in [1.165, 1.54) is 16.7 Å². The summed E-state index contributed by atoms with van der Waals surface area (Å²) < 4.78 is 4.10. The molecule has 0 aliphatic rings. The molecule has 0 fully saturated rings. The maximum Gasteiger partial charge on any atom is 0.170 e. The zero-order valence-corrected chi connectivity index (χ0v) is 14.3. The van der Waals surface area contributed by atoms with Gasteiger partial charge in [0.1, 0.15) is 6.33 Å². The molecular weight excluding hydrogens is 298 g/mol. The number of rotatable bonds is 2. The van der Waals surface area contributed by atoms with Gasteiger partial charge < -0.3 is 4.57 Å². The zero-order valence-electron chi connectivity index (χ0n) is 14.3. The molecule has 0 spiro atoms. The highest BCUT2D eigenvalue weighted by molar-refractivity contribution is 5.90. The lowest BCUT2D eigenvalue weighted by Gasteiger charge is -2.14. The van der Waals surface area contributed by atoms with Crippen LogP contribution in [0.3, 0.4) is 0 Å². The fourth-order valence-electron chi connectivity index (χ4n) is 3.53. The van der Waals surface area contributed by atoms with Crippen molar-refractivity contribution in [3.63, 3.8) is 0 Å². The van der Waals surface area contributed by atoms with Gasteiger partial charge in [0.2, 0.25) is 0 Å². The summed E-state index contributed by atoms with van der Waals surface area (Å²) in [4.78, 5) is 4.44. The van der Waals surface area contributed by atoms with Crippen LogP contribution < -0.4 is 0 Å². The van der Waals surface area contributed by atoms with E-state index < -0.39 is 0 Å². The summed E-state index contributed by atoms with van der Waals surface area (Å²) in [6.45, 7) is 6.38. The molecule has 0 aliphatic carbocycles. The average Bonchev–Trinajstić information content (AvgIpc) is 3.14. The summed E-state index contributed by atoms with van der Waals surface area (Å²) in [5.74, 6) is 0.833. The molecule has 0 saturated carbocycles. The van der Waals surface area contributed by atoms with E-state index in [9.17, 15) is 0 Å². The summed E-state index contributed by atoms with van der Waals surface area (Å²) in [6.07, 6.45) is 3.62. The molecule has 5 heteroatoms. The predicted molar refractivity (Wildman–Crippen MR) is 95.3 cm³/mol. The number of para-hydroxylation sites is 1. The quantitative estimate of drug-likeness (QED) is 0.566. The standard InChI is InChI=1S/C19H19N5/c1-12-8-13(2)17(14(3)9-12)24-11-21-22-19(24)15-6-5-7-16-18(15)23(4)10-20-16/h5-11H,1-4H3. The predicted octanol–water partition coefficient (Wildman–Crippen LogP) is 3.75. The maximum absolute atomic E-state index is 4.44. The van der Waals surface area contributed by atoms with Crippen molar-refractivity contribution in [3.05, 3.63) is 59.7 Å². The minimum absolute atomic E-state index is 0.833. The van der Waals surface area contributed by atoms with Gasteiger partial charge in [-0.1, -0.05) is 23.8 Å². The highest BCUT2D eigenvalue weighted by Gasteiger charge is 2.17. The van der Waals surface area contributed by atoms with Gasteiger partial charge in [-0.15, -0.1) is 10.2 Å². The van der Waals surface area contributed by atoms with E-state index in [2.05, 4.69) is 58.7 Å². The van der Waals surface area contributed by atoms with Crippen molar-refractivity contribution < 1.29 is 0 Å². The second kappa shape index (κ2) is 5.30. The van der Waals surface area contributed by atoms with Gasteiger partial charge in [-0.25, -0.2) is 4.98 Å². The van der Waals surface area contributed by atoms with Crippen LogP contribution in [-0.4, -0.2) is 24.3 Å². The van der Waals surface area contributed by atoms with Gasteiger partial charge in [0.15, 0.2) is 5.82 Å². The lowest BCUT2D eigenvalue weighted by Crippen LogP contribution is -2.03. The Balaban J connectivity index is 2.01. The Labute approximate surface area is 140 Å². The Kier molecular flexibility index (Phi) is 3.23. The van der Waals surface area contributed by atoms with E-state index in [0.717, 1.165) is 28.1 Å². The molecule has 0 unspecified atom stereocenters. The van der Waals surface area contributed by atoms with Gasteiger partial charge in [0.25, 0.3) is 0 Å². The van der Waals surface area contributed by atoms with Crippen molar-refractivity contribution in [2.45, 2.75) is 20.8 Å². The summed E-state index contributed by atoms with van der Waals surface area (Å²) in [6, 6.07) is 10.5. The topological polar surface area (TPSA) is 48.5 Å². The van der Waals surface area contributed by atoms with E-state index in [-0.39, 0.29) is 0 Å². The number of aryl methyl sites for hydroxylation is 4. The Morgan fingerprint density at radius 3 is 2.46 bits per heavy atom. The smallest absolute Gasteiger partial charge is 0.170 e. The number of nitrogens with zero attached hydrogens (tertiary/aromatic N) is 5. The lowest BCUT2D eigenvalue weighted by atomic mass is 10.0. The fraction of sp³-hybridized carbons (Fsp3) is 0.211. The molecule has 120 valence electrons. The van der Waals surface area contributed by atoms with Gasteiger partial charge in [-0.3, -0.25) is 4.57 Å².